The zero-order valence-electron chi connectivity index (χ0n) is 10.9. The lowest BCUT2D eigenvalue weighted by Crippen LogP contribution is -2.16. The number of ether oxygens (including phenoxy) is 1. The van der Waals surface area contributed by atoms with E-state index in [0.717, 1.165) is 11.8 Å². The highest BCUT2D eigenvalue weighted by atomic mass is 32.2. The van der Waals surface area contributed by atoms with Crippen LogP contribution >= 0.6 is 11.8 Å². The van der Waals surface area contributed by atoms with Crippen molar-refractivity contribution in [1.29, 1.82) is 0 Å². The van der Waals surface area contributed by atoms with Crippen molar-refractivity contribution in [2.24, 2.45) is 0 Å². The Morgan fingerprint density at radius 2 is 2.05 bits per heavy atom. The molecule has 1 amide bonds. The summed E-state index contributed by atoms with van der Waals surface area (Å²) < 4.78 is 4.86. The van der Waals surface area contributed by atoms with Crippen molar-refractivity contribution in [2.45, 2.75) is 6.92 Å². The van der Waals surface area contributed by atoms with Gasteiger partial charge in [-0.3, -0.25) is 9.59 Å². The Morgan fingerprint density at radius 1 is 1.30 bits per heavy atom. The van der Waals surface area contributed by atoms with E-state index in [1.54, 1.807) is 25.1 Å². The Balaban J connectivity index is 2.55. The number of carbonyl (C=O) groups excluding carboxylic acids is 2. The Kier molecular flexibility index (Phi) is 6.58. The highest BCUT2D eigenvalue weighted by Crippen LogP contribution is 2.12. The largest absolute Gasteiger partial charge is 0.481 e. The molecule has 108 valence electrons. The van der Waals surface area contributed by atoms with E-state index >= 15 is 0 Å². The summed E-state index contributed by atoms with van der Waals surface area (Å²) in [5.41, 5.74) is 0.819. The monoisotopic (exact) mass is 297 g/mol. The first kappa shape index (κ1) is 16.0. The van der Waals surface area contributed by atoms with Crippen molar-refractivity contribution in [3.05, 3.63) is 29.8 Å². The lowest BCUT2D eigenvalue weighted by molar-refractivity contribution is -0.133. The lowest BCUT2D eigenvalue weighted by Gasteiger charge is -2.06. The fraction of sp³-hybridized carbons (Fsp3) is 0.308. The lowest BCUT2D eigenvalue weighted by atomic mass is 10.2. The van der Waals surface area contributed by atoms with Gasteiger partial charge in [0.1, 0.15) is 0 Å². The van der Waals surface area contributed by atoms with Gasteiger partial charge in [0.05, 0.1) is 23.7 Å². The molecule has 2 N–H and O–H groups in total. The van der Waals surface area contributed by atoms with Gasteiger partial charge in [-0.1, -0.05) is 6.07 Å². The number of anilines is 1. The second-order valence-electron chi connectivity index (χ2n) is 3.74. The van der Waals surface area contributed by atoms with Gasteiger partial charge in [-0.2, -0.15) is 0 Å². The average Bonchev–Trinajstić information content (AvgIpc) is 2.38. The summed E-state index contributed by atoms with van der Waals surface area (Å²) >= 11 is 1.00. The van der Waals surface area contributed by atoms with Crippen LogP contribution in [0.25, 0.3) is 0 Å². The molecule has 0 aliphatic carbocycles. The van der Waals surface area contributed by atoms with Crippen molar-refractivity contribution in [2.75, 3.05) is 23.4 Å². The molecule has 0 spiro atoms. The summed E-state index contributed by atoms with van der Waals surface area (Å²) in [6, 6.07) is 6.37. The SMILES string of the molecule is CCOC(=O)c1cccc(NC(=O)CSCC(=O)O)c1. The number of hydrogen-bond acceptors (Lipinski definition) is 5. The maximum atomic E-state index is 11.6. The predicted molar refractivity (Wildman–Crippen MR) is 76.0 cm³/mol. The molecule has 0 radical (unpaired) electrons. The summed E-state index contributed by atoms with van der Waals surface area (Å²) in [5.74, 6) is -1.83. The second-order valence-corrected chi connectivity index (χ2v) is 4.72. The first-order valence-electron chi connectivity index (χ1n) is 5.89. The van der Waals surface area contributed by atoms with Crippen molar-refractivity contribution >= 4 is 35.3 Å². The quantitative estimate of drug-likeness (QED) is 0.743. The average molecular weight is 297 g/mol. The van der Waals surface area contributed by atoms with Crippen LogP contribution in [-0.4, -0.2) is 41.1 Å². The molecule has 20 heavy (non-hydrogen) atoms. The molecule has 0 fully saturated rings. The molecule has 0 atom stereocenters. The van der Waals surface area contributed by atoms with Gasteiger partial charge in [-0.15, -0.1) is 11.8 Å². The summed E-state index contributed by atoms with van der Waals surface area (Å²) in [6.07, 6.45) is 0. The second kappa shape index (κ2) is 8.21. The summed E-state index contributed by atoms with van der Waals surface area (Å²) in [4.78, 5) is 33.4. The van der Waals surface area contributed by atoms with Crippen LogP contribution in [0.3, 0.4) is 0 Å². The van der Waals surface area contributed by atoms with Crippen LogP contribution in [0.1, 0.15) is 17.3 Å². The number of amides is 1. The minimum Gasteiger partial charge on any atom is -0.481 e. The van der Waals surface area contributed by atoms with Gasteiger partial charge < -0.3 is 15.2 Å². The summed E-state index contributed by atoms with van der Waals surface area (Å²) in [7, 11) is 0. The number of rotatable bonds is 7. The molecule has 0 saturated carbocycles. The molecule has 0 unspecified atom stereocenters. The molecule has 1 rings (SSSR count). The van der Waals surface area contributed by atoms with Gasteiger partial charge >= 0.3 is 11.9 Å². The Hall–Kier alpha value is -2.02. The van der Waals surface area contributed by atoms with Crippen LogP contribution in [0.5, 0.6) is 0 Å². The molecular formula is C13H15NO5S. The van der Waals surface area contributed by atoms with Crippen LogP contribution in [0.2, 0.25) is 0 Å². The molecule has 0 saturated heterocycles. The molecule has 1 aromatic carbocycles. The summed E-state index contributed by atoms with van der Waals surface area (Å²) in [5, 5.41) is 11.1. The molecule has 7 heteroatoms. The molecule has 0 bridgehead atoms. The van der Waals surface area contributed by atoms with E-state index < -0.39 is 11.9 Å². The number of nitrogens with one attached hydrogen (secondary N) is 1. The smallest absolute Gasteiger partial charge is 0.338 e. The van der Waals surface area contributed by atoms with Crippen LogP contribution in [0, 0.1) is 0 Å². The van der Waals surface area contributed by atoms with E-state index in [4.69, 9.17) is 9.84 Å². The van der Waals surface area contributed by atoms with Crippen molar-refractivity contribution < 1.29 is 24.2 Å². The van der Waals surface area contributed by atoms with Gasteiger partial charge in [0.2, 0.25) is 5.91 Å². The summed E-state index contributed by atoms with van der Waals surface area (Å²) in [6.45, 7) is 1.99. The van der Waals surface area contributed by atoms with Crippen LogP contribution in [-0.2, 0) is 14.3 Å². The first-order chi connectivity index (χ1) is 9.52. The standard InChI is InChI=1S/C13H15NO5S/c1-2-19-13(18)9-4-3-5-10(6-9)14-11(15)7-20-8-12(16)17/h3-6H,2,7-8H2,1H3,(H,14,15)(H,16,17). The number of thioether (sulfide) groups is 1. The zero-order chi connectivity index (χ0) is 15.0. The van der Waals surface area contributed by atoms with E-state index in [1.165, 1.54) is 6.07 Å². The third kappa shape index (κ3) is 5.75. The predicted octanol–water partition coefficient (Wildman–Crippen LogP) is 1.62. The van der Waals surface area contributed by atoms with Gasteiger partial charge in [-0.25, -0.2) is 4.79 Å². The number of carbonyl (C=O) groups is 3. The van der Waals surface area contributed by atoms with Crippen LogP contribution in [0.15, 0.2) is 24.3 Å². The number of carboxylic acid groups (broad SMARTS) is 1. The molecule has 0 aliphatic rings. The molecule has 0 aliphatic heterocycles. The highest BCUT2D eigenvalue weighted by molar-refractivity contribution is 8.00. The maximum Gasteiger partial charge on any atom is 0.338 e. The molecule has 6 nitrogen and oxygen atoms in total. The number of esters is 1. The van der Waals surface area contributed by atoms with Gasteiger partial charge in [0, 0.05) is 5.69 Å². The zero-order valence-corrected chi connectivity index (χ0v) is 11.7. The topological polar surface area (TPSA) is 92.7 Å². The van der Waals surface area contributed by atoms with Crippen LogP contribution < -0.4 is 5.32 Å². The fourth-order valence-corrected chi connectivity index (χ4v) is 1.90. The van der Waals surface area contributed by atoms with E-state index in [9.17, 15) is 14.4 Å². The third-order valence-electron chi connectivity index (χ3n) is 2.12. The number of benzene rings is 1. The molecule has 0 heterocycles. The van der Waals surface area contributed by atoms with E-state index in [0.29, 0.717) is 11.3 Å². The van der Waals surface area contributed by atoms with Crippen molar-refractivity contribution in [3.8, 4) is 0 Å². The maximum absolute atomic E-state index is 11.6. The molecule has 1 aromatic rings. The minimum atomic E-state index is -0.966. The van der Waals surface area contributed by atoms with E-state index in [2.05, 4.69) is 5.32 Å². The minimum absolute atomic E-state index is 0.0376. The molecule has 0 aromatic heterocycles. The Morgan fingerprint density at radius 3 is 2.70 bits per heavy atom. The van der Waals surface area contributed by atoms with Gasteiger partial charge in [0.15, 0.2) is 0 Å². The Labute approximate surface area is 120 Å². The third-order valence-corrected chi connectivity index (χ3v) is 3.03. The number of hydrogen-bond donors (Lipinski definition) is 2. The van der Waals surface area contributed by atoms with Gasteiger partial charge in [0.25, 0.3) is 0 Å². The first-order valence-corrected chi connectivity index (χ1v) is 7.05. The van der Waals surface area contributed by atoms with Crippen LogP contribution in [0.4, 0.5) is 5.69 Å². The fourth-order valence-electron chi connectivity index (χ4n) is 1.37. The normalized spacial score (nSPS) is 9.85. The highest BCUT2D eigenvalue weighted by Gasteiger charge is 2.09. The Bertz CT molecular complexity index is 503. The number of carboxylic acids is 1. The van der Waals surface area contributed by atoms with E-state index in [-0.39, 0.29) is 24.0 Å². The number of aliphatic carboxylic acids is 1. The van der Waals surface area contributed by atoms with E-state index in [1.807, 2.05) is 0 Å². The van der Waals surface area contributed by atoms with Crippen molar-refractivity contribution in [3.63, 3.8) is 0 Å². The van der Waals surface area contributed by atoms with Gasteiger partial charge in [-0.05, 0) is 25.1 Å². The molecular weight excluding hydrogens is 282 g/mol. The van der Waals surface area contributed by atoms with Crippen molar-refractivity contribution in [1.82, 2.24) is 0 Å².